The van der Waals surface area contributed by atoms with Crippen LogP contribution in [-0.2, 0) is 24.3 Å². The quantitative estimate of drug-likeness (QED) is 0.781. The van der Waals surface area contributed by atoms with Crippen molar-refractivity contribution in [3.05, 3.63) is 71.4 Å². The molecule has 0 fully saturated rings. The molecule has 0 saturated carbocycles. The van der Waals surface area contributed by atoms with Crippen LogP contribution in [0.25, 0.3) is 10.9 Å². The monoisotopic (exact) mass is 306 g/mol. The van der Waals surface area contributed by atoms with Gasteiger partial charge in [-0.15, -0.1) is 0 Å². The summed E-state index contributed by atoms with van der Waals surface area (Å²) < 4.78 is 0. The van der Waals surface area contributed by atoms with Crippen LogP contribution in [-0.4, -0.2) is 27.0 Å². The normalized spacial score (nSPS) is 18.0. The molecule has 2 N–H and O–H groups in total. The molecule has 1 atom stereocenters. The van der Waals surface area contributed by atoms with Crippen molar-refractivity contribution < 1.29 is 9.90 Å². The summed E-state index contributed by atoms with van der Waals surface area (Å²) in [7, 11) is 0. The van der Waals surface area contributed by atoms with E-state index < -0.39 is 12.0 Å². The highest BCUT2D eigenvalue weighted by molar-refractivity contribution is 5.86. The Kier molecular flexibility index (Phi) is 3.39. The highest BCUT2D eigenvalue weighted by atomic mass is 16.4. The van der Waals surface area contributed by atoms with E-state index in [1.807, 2.05) is 53.4 Å². The molecule has 3 aromatic rings. The molecule has 1 aliphatic rings. The van der Waals surface area contributed by atoms with Crippen LogP contribution in [0.5, 0.6) is 0 Å². The topological polar surface area (TPSA) is 56.3 Å². The number of fused-ring (bicyclic) bond motifs is 3. The molecule has 0 aliphatic carbocycles. The average Bonchev–Trinajstić information content (AvgIpc) is 2.92. The number of aromatic nitrogens is 1. The first-order valence-electron chi connectivity index (χ1n) is 7.81. The summed E-state index contributed by atoms with van der Waals surface area (Å²) in [6.45, 7) is 1.28. The Balaban J connectivity index is 1.71. The summed E-state index contributed by atoms with van der Waals surface area (Å²) in [6.07, 6.45) is 0.543. The van der Waals surface area contributed by atoms with Crippen molar-refractivity contribution in [2.24, 2.45) is 0 Å². The van der Waals surface area contributed by atoms with Gasteiger partial charge in [0.2, 0.25) is 0 Å². The predicted octanol–water partition coefficient (Wildman–Crippen LogP) is 3.18. The van der Waals surface area contributed by atoms with Gasteiger partial charge in [-0.05, 0) is 17.2 Å². The van der Waals surface area contributed by atoms with E-state index in [4.69, 9.17) is 0 Å². The van der Waals surface area contributed by atoms with Crippen molar-refractivity contribution in [3.8, 4) is 0 Å². The first kappa shape index (κ1) is 14.0. The molecule has 0 bridgehead atoms. The van der Waals surface area contributed by atoms with E-state index in [9.17, 15) is 9.90 Å². The molecule has 4 rings (SSSR count). The summed E-state index contributed by atoms with van der Waals surface area (Å²) in [5.41, 5.74) is 4.51. The zero-order valence-electron chi connectivity index (χ0n) is 12.7. The summed E-state index contributed by atoms with van der Waals surface area (Å²) in [6, 6.07) is 17.7. The highest BCUT2D eigenvalue weighted by Gasteiger charge is 2.33. The first-order valence-corrected chi connectivity index (χ1v) is 7.81. The fourth-order valence-electron chi connectivity index (χ4n) is 3.49. The minimum absolute atomic E-state index is 0.484. The van der Waals surface area contributed by atoms with Crippen LogP contribution >= 0.6 is 0 Å². The fourth-order valence-corrected chi connectivity index (χ4v) is 3.49. The van der Waals surface area contributed by atoms with Crippen LogP contribution in [0.3, 0.4) is 0 Å². The number of hydrogen-bond acceptors (Lipinski definition) is 2. The lowest BCUT2D eigenvalue weighted by molar-refractivity contribution is -0.144. The van der Waals surface area contributed by atoms with Crippen LogP contribution in [0, 0.1) is 0 Å². The molecular weight excluding hydrogens is 288 g/mol. The molecule has 4 nitrogen and oxygen atoms in total. The standard InChI is InChI=1S/C19H18N2O2/c22-19(23)18-10-15-14-8-4-5-9-16(14)20-17(15)12-21(18)11-13-6-2-1-3-7-13/h1-9,18,20H,10-12H2,(H,22,23)/t18-/m1/s1. The Bertz CT molecular complexity index is 854. The van der Waals surface area contributed by atoms with E-state index in [2.05, 4.69) is 11.1 Å². The van der Waals surface area contributed by atoms with Gasteiger partial charge in [0.1, 0.15) is 6.04 Å². The molecule has 116 valence electrons. The number of aliphatic carboxylic acids is 1. The number of nitrogens with one attached hydrogen (secondary N) is 1. The molecule has 0 unspecified atom stereocenters. The zero-order chi connectivity index (χ0) is 15.8. The maximum Gasteiger partial charge on any atom is 0.321 e. The van der Waals surface area contributed by atoms with Gasteiger partial charge >= 0.3 is 5.97 Å². The minimum Gasteiger partial charge on any atom is -0.480 e. The summed E-state index contributed by atoms with van der Waals surface area (Å²) in [5, 5.41) is 10.8. The van der Waals surface area contributed by atoms with Gasteiger partial charge in [0.25, 0.3) is 0 Å². The Morgan fingerprint density at radius 1 is 1.13 bits per heavy atom. The third-order valence-electron chi connectivity index (χ3n) is 4.62. The Morgan fingerprint density at radius 3 is 2.65 bits per heavy atom. The molecule has 2 aromatic carbocycles. The van der Waals surface area contributed by atoms with Crippen LogP contribution in [0.15, 0.2) is 54.6 Å². The second kappa shape index (κ2) is 5.56. The van der Waals surface area contributed by atoms with E-state index in [0.717, 1.165) is 27.7 Å². The number of rotatable bonds is 3. The molecule has 0 spiro atoms. The van der Waals surface area contributed by atoms with Crippen molar-refractivity contribution in [1.82, 2.24) is 9.88 Å². The SMILES string of the molecule is O=C(O)[C@H]1Cc2c([nH]c3ccccc23)CN1Cc1ccccc1. The lowest BCUT2D eigenvalue weighted by atomic mass is 9.96. The van der Waals surface area contributed by atoms with Crippen molar-refractivity contribution in [1.29, 1.82) is 0 Å². The van der Waals surface area contributed by atoms with Crippen LogP contribution in [0.1, 0.15) is 16.8 Å². The van der Waals surface area contributed by atoms with Gasteiger partial charge < -0.3 is 10.1 Å². The molecule has 4 heteroatoms. The molecule has 0 amide bonds. The van der Waals surface area contributed by atoms with Crippen molar-refractivity contribution in [2.75, 3.05) is 0 Å². The molecule has 0 saturated heterocycles. The van der Waals surface area contributed by atoms with Gasteiger partial charge in [-0.3, -0.25) is 9.69 Å². The lowest BCUT2D eigenvalue weighted by Crippen LogP contribution is -2.44. The number of hydrogen-bond donors (Lipinski definition) is 2. The minimum atomic E-state index is -0.753. The zero-order valence-corrected chi connectivity index (χ0v) is 12.7. The number of para-hydroxylation sites is 1. The van der Waals surface area contributed by atoms with Crippen molar-refractivity contribution in [2.45, 2.75) is 25.6 Å². The Hall–Kier alpha value is -2.59. The van der Waals surface area contributed by atoms with E-state index in [-0.39, 0.29) is 0 Å². The molecule has 1 aliphatic heterocycles. The van der Waals surface area contributed by atoms with Crippen LogP contribution in [0.2, 0.25) is 0 Å². The fraction of sp³-hybridized carbons (Fsp3) is 0.211. The van der Waals surface area contributed by atoms with Crippen LogP contribution < -0.4 is 0 Å². The van der Waals surface area contributed by atoms with E-state index in [1.54, 1.807) is 0 Å². The van der Waals surface area contributed by atoms with Crippen molar-refractivity contribution in [3.63, 3.8) is 0 Å². The van der Waals surface area contributed by atoms with Crippen molar-refractivity contribution >= 4 is 16.9 Å². The van der Waals surface area contributed by atoms with Gasteiger partial charge in [-0.1, -0.05) is 48.5 Å². The lowest BCUT2D eigenvalue weighted by Gasteiger charge is -2.33. The smallest absolute Gasteiger partial charge is 0.321 e. The average molecular weight is 306 g/mol. The summed E-state index contributed by atoms with van der Waals surface area (Å²) in [5.74, 6) is -0.753. The first-order chi connectivity index (χ1) is 11.2. The Labute approximate surface area is 134 Å². The predicted molar refractivity (Wildman–Crippen MR) is 89.1 cm³/mol. The number of H-pyrrole nitrogens is 1. The Morgan fingerprint density at radius 2 is 1.87 bits per heavy atom. The van der Waals surface area contributed by atoms with Gasteiger partial charge in [-0.25, -0.2) is 0 Å². The maximum absolute atomic E-state index is 11.8. The van der Waals surface area contributed by atoms with Crippen LogP contribution in [0.4, 0.5) is 0 Å². The summed E-state index contributed by atoms with van der Waals surface area (Å²) >= 11 is 0. The second-order valence-electron chi connectivity index (χ2n) is 6.08. The maximum atomic E-state index is 11.8. The van der Waals surface area contributed by atoms with E-state index >= 15 is 0 Å². The number of carbonyl (C=O) groups is 1. The van der Waals surface area contributed by atoms with Gasteiger partial charge in [0.15, 0.2) is 0 Å². The van der Waals surface area contributed by atoms with Gasteiger partial charge in [-0.2, -0.15) is 0 Å². The number of nitrogens with zero attached hydrogens (tertiary/aromatic N) is 1. The number of benzene rings is 2. The van der Waals surface area contributed by atoms with E-state index in [1.165, 1.54) is 0 Å². The van der Waals surface area contributed by atoms with Gasteiger partial charge in [0.05, 0.1) is 0 Å². The third-order valence-corrected chi connectivity index (χ3v) is 4.62. The summed E-state index contributed by atoms with van der Waals surface area (Å²) in [4.78, 5) is 17.3. The largest absolute Gasteiger partial charge is 0.480 e. The molecule has 0 radical (unpaired) electrons. The molecular formula is C19H18N2O2. The number of aromatic amines is 1. The highest BCUT2D eigenvalue weighted by Crippen LogP contribution is 2.31. The second-order valence-corrected chi connectivity index (χ2v) is 6.08. The van der Waals surface area contributed by atoms with Gasteiger partial charge in [0, 0.05) is 36.1 Å². The molecule has 23 heavy (non-hydrogen) atoms. The molecule has 1 aromatic heterocycles. The number of carboxylic acid groups (broad SMARTS) is 1. The third kappa shape index (κ3) is 2.51. The molecule has 2 heterocycles. The number of carboxylic acids is 1. The van der Waals surface area contributed by atoms with E-state index in [0.29, 0.717) is 19.5 Å².